The lowest BCUT2D eigenvalue weighted by Crippen LogP contribution is -2.34. The standard InChI is InChI=1S/C25H16ClN3O2S/c26-20-13-12-16(14-19(20)24-28-21-10-3-4-11-22(21)31-24)27-25(32)29-23(30)18-9-5-7-15-6-1-2-8-17(15)18/h1-14H,(H2,27,29,30,32). The number of thiocarbonyl (C=S) groups is 1. The van der Waals surface area contributed by atoms with Gasteiger partial charge >= 0.3 is 0 Å². The minimum Gasteiger partial charge on any atom is -0.436 e. The summed E-state index contributed by atoms with van der Waals surface area (Å²) in [5, 5.41) is 8.29. The van der Waals surface area contributed by atoms with E-state index in [-0.39, 0.29) is 11.0 Å². The van der Waals surface area contributed by atoms with Gasteiger partial charge in [-0.3, -0.25) is 10.1 Å². The van der Waals surface area contributed by atoms with Gasteiger partial charge in [0.05, 0.1) is 10.6 Å². The summed E-state index contributed by atoms with van der Waals surface area (Å²) in [5.41, 5.74) is 3.24. The number of hydrogen-bond donors (Lipinski definition) is 2. The van der Waals surface area contributed by atoms with E-state index in [4.69, 9.17) is 28.2 Å². The fourth-order valence-electron chi connectivity index (χ4n) is 3.51. The van der Waals surface area contributed by atoms with Crippen molar-refractivity contribution in [3.8, 4) is 11.5 Å². The molecular formula is C25H16ClN3O2S. The predicted octanol–water partition coefficient (Wildman–Crippen LogP) is 6.43. The number of anilines is 1. The van der Waals surface area contributed by atoms with Gasteiger partial charge in [-0.15, -0.1) is 0 Å². The van der Waals surface area contributed by atoms with Gasteiger partial charge in [0.25, 0.3) is 5.91 Å². The molecule has 0 aliphatic carbocycles. The van der Waals surface area contributed by atoms with Crippen LogP contribution in [-0.4, -0.2) is 16.0 Å². The molecule has 0 fully saturated rings. The van der Waals surface area contributed by atoms with E-state index in [1.165, 1.54) is 0 Å². The molecule has 0 bridgehead atoms. The zero-order chi connectivity index (χ0) is 22.1. The quantitative estimate of drug-likeness (QED) is 0.306. The average molecular weight is 458 g/mol. The number of rotatable bonds is 3. The number of fused-ring (bicyclic) bond motifs is 2. The average Bonchev–Trinajstić information content (AvgIpc) is 3.24. The zero-order valence-corrected chi connectivity index (χ0v) is 18.2. The van der Waals surface area contributed by atoms with Crippen LogP contribution >= 0.6 is 23.8 Å². The van der Waals surface area contributed by atoms with E-state index in [9.17, 15) is 4.79 Å². The second-order valence-corrected chi connectivity index (χ2v) is 7.93. The maximum absolute atomic E-state index is 12.8. The number of nitrogens with zero attached hydrogens (tertiary/aromatic N) is 1. The van der Waals surface area contributed by atoms with Crippen LogP contribution in [0.2, 0.25) is 5.02 Å². The number of nitrogens with one attached hydrogen (secondary N) is 2. The number of aromatic nitrogens is 1. The Balaban J connectivity index is 1.36. The first-order valence-electron chi connectivity index (χ1n) is 9.84. The van der Waals surface area contributed by atoms with Gasteiger partial charge in [-0.1, -0.05) is 60.1 Å². The summed E-state index contributed by atoms with van der Waals surface area (Å²) in [7, 11) is 0. The van der Waals surface area contributed by atoms with Gasteiger partial charge in [-0.2, -0.15) is 0 Å². The second-order valence-electron chi connectivity index (χ2n) is 7.12. The molecule has 1 amide bonds. The van der Waals surface area contributed by atoms with Crippen LogP contribution in [0.25, 0.3) is 33.3 Å². The van der Waals surface area contributed by atoms with Crippen LogP contribution < -0.4 is 10.6 Å². The summed E-state index contributed by atoms with van der Waals surface area (Å²) in [6.07, 6.45) is 0. The van der Waals surface area contributed by atoms with Crippen molar-refractivity contribution in [3.05, 3.63) is 95.5 Å². The molecule has 32 heavy (non-hydrogen) atoms. The minimum absolute atomic E-state index is 0.175. The Bertz CT molecular complexity index is 1460. The minimum atomic E-state index is -0.285. The second kappa shape index (κ2) is 8.42. The third-order valence-corrected chi connectivity index (χ3v) is 5.54. The highest BCUT2D eigenvalue weighted by molar-refractivity contribution is 7.80. The van der Waals surface area contributed by atoms with E-state index in [2.05, 4.69) is 15.6 Å². The van der Waals surface area contributed by atoms with Crippen molar-refractivity contribution in [2.24, 2.45) is 0 Å². The van der Waals surface area contributed by atoms with E-state index < -0.39 is 0 Å². The fourth-order valence-corrected chi connectivity index (χ4v) is 3.92. The van der Waals surface area contributed by atoms with Crippen molar-refractivity contribution in [3.63, 3.8) is 0 Å². The Morgan fingerprint density at radius 3 is 2.59 bits per heavy atom. The van der Waals surface area contributed by atoms with E-state index in [1.54, 1.807) is 24.3 Å². The molecule has 1 aromatic heterocycles. The van der Waals surface area contributed by atoms with Gasteiger partial charge in [0, 0.05) is 11.3 Å². The van der Waals surface area contributed by atoms with Gasteiger partial charge in [0.2, 0.25) is 5.89 Å². The summed E-state index contributed by atoms with van der Waals surface area (Å²) >= 11 is 11.7. The van der Waals surface area contributed by atoms with Gasteiger partial charge < -0.3 is 9.73 Å². The molecule has 4 aromatic carbocycles. The highest BCUT2D eigenvalue weighted by Gasteiger charge is 2.14. The van der Waals surface area contributed by atoms with Crippen molar-refractivity contribution in [2.75, 3.05) is 5.32 Å². The molecule has 0 aliphatic rings. The first kappa shape index (κ1) is 20.2. The predicted molar refractivity (Wildman–Crippen MR) is 132 cm³/mol. The van der Waals surface area contributed by atoms with Crippen LogP contribution in [0, 0.1) is 0 Å². The topological polar surface area (TPSA) is 67.2 Å². The molecule has 5 rings (SSSR count). The summed E-state index contributed by atoms with van der Waals surface area (Å²) in [6, 6.07) is 26.1. The van der Waals surface area contributed by atoms with Crippen molar-refractivity contribution < 1.29 is 9.21 Å². The molecule has 0 spiro atoms. The summed E-state index contributed by atoms with van der Waals surface area (Å²) in [6.45, 7) is 0. The van der Waals surface area contributed by atoms with E-state index in [0.717, 1.165) is 16.3 Å². The van der Waals surface area contributed by atoms with Crippen LogP contribution in [0.1, 0.15) is 10.4 Å². The fraction of sp³-hybridized carbons (Fsp3) is 0. The lowest BCUT2D eigenvalue weighted by Gasteiger charge is -2.12. The van der Waals surface area contributed by atoms with Gasteiger partial charge in [-0.05, 0) is 59.4 Å². The molecule has 0 radical (unpaired) electrons. The van der Waals surface area contributed by atoms with E-state index in [0.29, 0.717) is 33.3 Å². The van der Waals surface area contributed by atoms with Crippen LogP contribution in [0.4, 0.5) is 5.69 Å². The van der Waals surface area contributed by atoms with Crippen molar-refractivity contribution in [1.29, 1.82) is 0 Å². The summed E-state index contributed by atoms with van der Waals surface area (Å²) in [4.78, 5) is 17.3. The largest absolute Gasteiger partial charge is 0.436 e. The molecule has 0 unspecified atom stereocenters. The zero-order valence-electron chi connectivity index (χ0n) is 16.6. The number of carbonyl (C=O) groups is 1. The number of oxazole rings is 1. The third kappa shape index (κ3) is 3.93. The lowest BCUT2D eigenvalue weighted by atomic mass is 10.0. The molecule has 0 atom stereocenters. The van der Waals surface area contributed by atoms with Crippen LogP contribution in [0.15, 0.2) is 89.3 Å². The summed E-state index contributed by atoms with van der Waals surface area (Å²) < 4.78 is 5.83. The van der Waals surface area contributed by atoms with Crippen LogP contribution in [0.3, 0.4) is 0 Å². The molecule has 5 nitrogen and oxygen atoms in total. The Morgan fingerprint density at radius 2 is 1.72 bits per heavy atom. The number of hydrogen-bond acceptors (Lipinski definition) is 4. The van der Waals surface area contributed by atoms with E-state index >= 15 is 0 Å². The molecule has 2 N–H and O–H groups in total. The van der Waals surface area contributed by atoms with Crippen LogP contribution in [-0.2, 0) is 0 Å². The number of para-hydroxylation sites is 2. The number of carbonyl (C=O) groups excluding carboxylic acids is 1. The van der Waals surface area contributed by atoms with Crippen molar-refractivity contribution in [2.45, 2.75) is 0 Å². The van der Waals surface area contributed by atoms with Crippen molar-refractivity contribution in [1.82, 2.24) is 10.3 Å². The monoisotopic (exact) mass is 457 g/mol. The number of benzene rings is 4. The Hall–Kier alpha value is -3.74. The van der Waals surface area contributed by atoms with Crippen LogP contribution in [0.5, 0.6) is 0 Å². The molecule has 0 saturated heterocycles. The van der Waals surface area contributed by atoms with Gasteiger partial charge in [0.1, 0.15) is 5.52 Å². The normalized spacial score (nSPS) is 10.9. The molecular weight excluding hydrogens is 442 g/mol. The molecule has 1 heterocycles. The molecule has 156 valence electrons. The number of amides is 1. The summed E-state index contributed by atoms with van der Waals surface area (Å²) in [5.74, 6) is 0.123. The Morgan fingerprint density at radius 1 is 0.938 bits per heavy atom. The molecule has 0 aliphatic heterocycles. The molecule has 5 aromatic rings. The first-order chi connectivity index (χ1) is 15.6. The number of halogens is 1. The Kier molecular flexibility index (Phi) is 5.31. The lowest BCUT2D eigenvalue weighted by molar-refractivity contribution is 0.0979. The smallest absolute Gasteiger partial charge is 0.258 e. The van der Waals surface area contributed by atoms with E-state index in [1.807, 2.05) is 60.7 Å². The Labute approximate surface area is 194 Å². The molecule has 7 heteroatoms. The van der Waals surface area contributed by atoms with Gasteiger partial charge in [0.15, 0.2) is 10.7 Å². The van der Waals surface area contributed by atoms with Crippen molar-refractivity contribution >= 4 is 62.4 Å². The van der Waals surface area contributed by atoms with Gasteiger partial charge in [-0.25, -0.2) is 4.98 Å². The highest BCUT2D eigenvalue weighted by atomic mass is 35.5. The SMILES string of the molecule is O=C(NC(=S)Nc1ccc(Cl)c(-c2nc3ccccc3o2)c1)c1cccc2ccccc12. The maximum atomic E-state index is 12.8. The third-order valence-electron chi connectivity index (χ3n) is 5.01. The molecule has 0 saturated carbocycles. The highest BCUT2D eigenvalue weighted by Crippen LogP contribution is 2.32. The first-order valence-corrected chi connectivity index (χ1v) is 10.6. The maximum Gasteiger partial charge on any atom is 0.258 e.